The van der Waals surface area contributed by atoms with Crippen LogP contribution in [0.15, 0.2) is 60.7 Å². The van der Waals surface area contributed by atoms with Gasteiger partial charge in [-0.1, -0.05) is 82.0 Å². The van der Waals surface area contributed by atoms with Gasteiger partial charge in [0.05, 0.1) is 6.61 Å². The lowest BCUT2D eigenvalue weighted by Gasteiger charge is -2.19. The number of rotatable bonds is 12. The molecule has 1 aliphatic rings. The van der Waals surface area contributed by atoms with E-state index in [4.69, 9.17) is 4.74 Å². The molecule has 0 aliphatic heterocycles. The number of hydrogen-bond acceptors (Lipinski definition) is 1. The maximum absolute atomic E-state index is 14.9. The SMILES string of the molecule is CCCCCCCOc1ccc(-c2ccc(CCc3ccc(C4=CCC(C)CC4)c(F)c3F)cc2)c(F)c1. The largest absolute Gasteiger partial charge is 0.493 e. The Labute approximate surface area is 225 Å². The Morgan fingerprint density at radius 3 is 2.29 bits per heavy atom. The summed E-state index contributed by atoms with van der Waals surface area (Å²) < 4.78 is 50.2. The first-order valence-corrected chi connectivity index (χ1v) is 14.1. The molecule has 0 spiro atoms. The molecule has 1 nitrogen and oxygen atoms in total. The molecular weight excluding hydrogens is 481 g/mol. The third-order valence-electron chi connectivity index (χ3n) is 7.59. The van der Waals surface area contributed by atoms with Crippen molar-refractivity contribution in [2.24, 2.45) is 5.92 Å². The molecule has 3 aromatic carbocycles. The Balaban J connectivity index is 1.33. The maximum atomic E-state index is 14.9. The molecular formula is C34H39F3O. The Morgan fingerprint density at radius 2 is 1.58 bits per heavy atom. The van der Waals surface area contributed by atoms with Crippen LogP contribution >= 0.6 is 0 Å². The Bertz CT molecular complexity index is 1230. The van der Waals surface area contributed by atoms with Crippen molar-refractivity contribution in [3.63, 3.8) is 0 Å². The summed E-state index contributed by atoms with van der Waals surface area (Å²) >= 11 is 0. The van der Waals surface area contributed by atoms with Gasteiger partial charge >= 0.3 is 0 Å². The summed E-state index contributed by atoms with van der Waals surface area (Å²) in [5, 5.41) is 0. The van der Waals surface area contributed by atoms with E-state index in [9.17, 15) is 13.2 Å². The molecule has 4 heteroatoms. The first-order valence-electron chi connectivity index (χ1n) is 14.1. The van der Waals surface area contributed by atoms with Gasteiger partial charge in [-0.05, 0) is 78.8 Å². The van der Waals surface area contributed by atoms with Crippen molar-refractivity contribution < 1.29 is 17.9 Å². The van der Waals surface area contributed by atoms with Crippen molar-refractivity contribution in [3.05, 3.63) is 94.8 Å². The van der Waals surface area contributed by atoms with Crippen LogP contribution in [0, 0.1) is 23.4 Å². The maximum Gasteiger partial charge on any atom is 0.166 e. The van der Waals surface area contributed by atoms with E-state index in [2.05, 4.69) is 13.8 Å². The minimum atomic E-state index is -0.746. The number of allylic oxidation sites excluding steroid dienone is 2. The van der Waals surface area contributed by atoms with Crippen LogP contribution in [0.25, 0.3) is 16.7 Å². The van der Waals surface area contributed by atoms with Crippen LogP contribution in [-0.2, 0) is 12.8 Å². The van der Waals surface area contributed by atoms with Gasteiger partial charge in [-0.25, -0.2) is 13.2 Å². The summed E-state index contributed by atoms with van der Waals surface area (Å²) in [4.78, 5) is 0. The molecule has 38 heavy (non-hydrogen) atoms. The van der Waals surface area contributed by atoms with Gasteiger partial charge in [-0.2, -0.15) is 0 Å². The van der Waals surface area contributed by atoms with E-state index in [1.165, 1.54) is 25.3 Å². The molecule has 0 N–H and O–H groups in total. The van der Waals surface area contributed by atoms with Crippen molar-refractivity contribution in [1.29, 1.82) is 0 Å². The predicted octanol–water partition coefficient (Wildman–Crippen LogP) is 10.1. The molecule has 4 rings (SSSR count). The lowest BCUT2D eigenvalue weighted by Crippen LogP contribution is -2.05. The second-order valence-electron chi connectivity index (χ2n) is 10.6. The summed E-state index contributed by atoms with van der Waals surface area (Å²) in [5.74, 6) is -0.659. The Hall–Kier alpha value is -3.01. The van der Waals surface area contributed by atoms with E-state index < -0.39 is 11.6 Å². The van der Waals surface area contributed by atoms with Crippen molar-refractivity contribution >= 4 is 5.57 Å². The highest BCUT2D eigenvalue weighted by atomic mass is 19.2. The van der Waals surface area contributed by atoms with Crippen LogP contribution < -0.4 is 4.74 Å². The highest BCUT2D eigenvalue weighted by Crippen LogP contribution is 2.33. The lowest BCUT2D eigenvalue weighted by atomic mass is 9.87. The van der Waals surface area contributed by atoms with Crippen LogP contribution in [-0.4, -0.2) is 6.61 Å². The molecule has 0 amide bonds. The van der Waals surface area contributed by atoms with E-state index in [-0.39, 0.29) is 5.82 Å². The topological polar surface area (TPSA) is 9.23 Å². The second-order valence-corrected chi connectivity index (χ2v) is 10.6. The van der Waals surface area contributed by atoms with E-state index in [1.807, 2.05) is 36.4 Å². The van der Waals surface area contributed by atoms with Crippen molar-refractivity contribution in [3.8, 4) is 16.9 Å². The fourth-order valence-corrected chi connectivity index (χ4v) is 5.09. The van der Waals surface area contributed by atoms with Crippen molar-refractivity contribution in [2.75, 3.05) is 6.61 Å². The molecule has 0 radical (unpaired) electrons. The quantitative estimate of drug-likeness (QED) is 0.216. The summed E-state index contributed by atoms with van der Waals surface area (Å²) in [6, 6.07) is 16.0. The fourth-order valence-electron chi connectivity index (χ4n) is 5.09. The van der Waals surface area contributed by atoms with Gasteiger partial charge in [0, 0.05) is 17.2 Å². The van der Waals surface area contributed by atoms with Crippen LogP contribution in [0.4, 0.5) is 13.2 Å². The minimum absolute atomic E-state index is 0.318. The highest BCUT2D eigenvalue weighted by molar-refractivity contribution is 5.67. The van der Waals surface area contributed by atoms with Gasteiger partial charge in [0.2, 0.25) is 0 Å². The van der Waals surface area contributed by atoms with E-state index in [0.717, 1.165) is 48.8 Å². The van der Waals surface area contributed by atoms with Gasteiger partial charge in [0.25, 0.3) is 0 Å². The van der Waals surface area contributed by atoms with Gasteiger partial charge in [-0.15, -0.1) is 0 Å². The van der Waals surface area contributed by atoms with Gasteiger partial charge in [-0.3, -0.25) is 0 Å². The van der Waals surface area contributed by atoms with Crippen LogP contribution in [0.1, 0.15) is 81.9 Å². The fraction of sp³-hybridized carbons (Fsp3) is 0.412. The average molecular weight is 521 g/mol. The standard InChI is InChI=1S/C34H39F3O/c1-3-4-5-6-7-22-38-29-19-21-30(32(35)23-29)26-15-10-25(11-16-26)12-17-28-18-20-31(34(37)33(28)36)27-13-8-24(2)9-14-27/h10-11,13,15-16,18-21,23-24H,3-9,12,14,17,22H2,1-2H3. The van der Waals surface area contributed by atoms with E-state index in [0.29, 0.717) is 47.8 Å². The molecule has 0 aromatic heterocycles. The zero-order valence-electron chi connectivity index (χ0n) is 22.7. The van der Waals surface area contributed by atoms with Crippen LogP contribution in [0.5, 0.6) is 5.75 Å². The normalized spacial score (nSPS) is 15.4. The molecule has 0 fully saturated rings. The Kier molecular flexibility index (Phi) is 10.1. The molecule has 202 valence electrons. The highest BCUT2D eigenvalue weighted by Gasteiger charge is 2.19. The van der Waals surface area contributed by atoms with E-state index in [1.54, 1.807) is 18.2 Å². The molecule has 1 aliphatic carbocycles. The summed E-state index contributed by atoms with van der Waals surface area (Å²) in [6.07, 6.45) is 11.5. The minimum Gasteiger partial charge on any atom is -0.493 e. The van der Waals surface area contributed by atoms with Gasteiger partial charge < -0.3 is 4.74 Å². The number of ether oxygens (including phenoxy) is 1. The number of benzene rings is 3. The average Bonchev–Trinajstić information content (AvgIpc) is 2.93. The molecule has 0 heterocycles. The summed E-state index contributed by atoms with van der Waals surface area (Å²) in [5.41, 5.74) is 3.97. The van der Waals surface area contributed by atoms with Gasteiger partial charge in [0.1, 0.15) is 11.6 Å². The molecule has 1 unspecified atom stereocenters. The third kappa shape index (κ3) is 7.30. The summed E-state index contributed by atoms with van der Waals surface area (Å²) in [7, 11) is 0. The molecule has 0 bridgehead atoms. The predicted molar refractivity (Wildman–Crippen MR) is 151 cm³/mol. The third-order valence-corrected chi connectivity index (χ3v) is 7.59. The lowest BCUT2D eigenvalue weighted by molar-refractivity contribution is 0.303. The number of unbranched alkanes of at least 4 members (excludes halogenated alkanes) is 4. The summed E-state index contributed by atoms with van der Waals surface area (Å²) in [6.45, 7) is 4.97. The second kappa shape index (κ2) is 13.7. The Morgan fingerprint density at radius 1 is 0.816 bits per heavy atom. The van der Waals surface area contributed by atoms with Crippen LogP contribution in [0.3, 0.4) is 0 Å². The monoisotopic (exact) mass is 520 g/mol. The molecule has 0 saturated carbocycles. The number of hydrogen-bond donors (Lipinski definition) is 0. The zero-order valence-corrected chi connectivity index (χ0v) is 22.7. The number of aryl methyl sites for hydroxylation is 2. The van der Waals surface area contributed by atoms with Gasteiger partial charge in [0.15, 0.2) is 11.6 Å². The van der Waals surface area contributed by atoms with Crippen LogP contribution in [0.2, 0.25) is 0 Å². The smallest absolute Gasteiger partial charge is 0.166 e. The zero-order chi connectivity index (χ0) is 26.9. The first kappa shape index (κ1) is 28.0. The molecule has 0 saturated heterocycles. The number of halogens is 3. The van der Waals surface area contributed by atoms with E-state index >= 15 is 0 Å². The molecule has 1 atom stereocenters. The van der Waals surface area contributed by atoms with Crippen molar-refractivity contribution in [1.82, 2.24) is 0 Å². The van der Waals surface area contributed by atoms with Crippen molar-refractivity contribution in [2.45, 2.75) is 78.1 Å². The first-order chi connectivity index (χ1) is 18.5. The molecule has 3 aromatic rings.